The summed E-state index contributed by atoms with van der Waals surface area (Å²) in [7, 11) is 0. The van der Waals surface area contributed by atoms with Gasteiger partial charge in [-0.15, -0.1) is 0 Å². The SMILES string of the molecule is O=C(c1ccc(OC2O[C@H](CO)[C@@H](O[C@@H]3O[C@H](CO)[C@H](O)[C@H](O)[C@H]3O)[C@H](O)[C@H]2O)cc1)c1ccc([N+](=O)[O-])cc1. The van der Waals surface area contributed by atoms with Crippen LogP contribution < -0.4 is 4.74 Å². The number of nitro benzene ring substituents is 1. The average Bonchev–Trinajstić information content (AvgIpc) is 2.96. The first-order valence-corrected chi connectivity index (χ1v) is 12.2. The molecule has 2 aromatic rings. The van der Waals surface area contributed by atoms with Crippen LogP contribution in [0, 0.1) is 10.1 Å². The second-order valence-electron chi connectivity index (χ2n) is 9.28. The van der Waals surface area contributed by atoms with Crippen molar-refractivity contribution in [3.05, 3.63) is 69.8 Å². The number of ketones is 1. The van der Waals surface area contributed by atoms with E-state index in [2.05, 4.69) is 0 Å². The molecule has 2 aromatic carbocycles. The van der Waals surface area contributed by atoms with Crippen LogP contribution in [0.3, 0.4) is 0 Å². The number of carbonyl (C=O) groups excluding carboxylic acids is 1. The molecule has 0 aliphatic carbocycles. The summed E-state index contributed by atoms with van der Waals surface area (Å²) in [4.78, 5) is 22.9. The number of aliphatic hydroxyl groups excluding tert-OH is 7. The third kappa shape index (κ3) is 6.13. The predicted molar refractivity (Wildman–Crippen MR) is 130 cm³/mol. The molecule has 1 unspecified atom stereocenters. The molecule has 2 aliphatic rings. The first-order chi connectivity index (χ1) is 19.0. The van der Waals surface area contributed by atoms with E-state index >= 15 is 0 Å². The number of benzene rings is 2. The molecular weight excluding hydrogens is 538 g/mol. The van der Waals surface area contributed by atoms with Crippen molar-refractivity contribution in [2.45, 2.75) is 61.4 Å². The third-order valence-corrected chi connectivity index (χ3v) is 6.67. The number of ether oxygens (including phenoxy) is 4. The maximum absolute atomic E-state index is 12.7. The molecule has 2 heterocycles. The lowest BCUT2D eigenvalue weighted by atomic mass is 9.97. The molecule has 0 amide bonds. The van der Waals surface area contributed by atoms with E-state index in [9.17, 15) is 50.7 Å². The van der Waals surface area contributed by atoms with E-state index in [4.69, 9.17) is 18.9 Å². The number of hydrogen-bond donors (Lipinski definition) is 7. The normalized spacial score (nSPS) is 34.3. The van der Waals surface area contributed by atoms with Crippen molar-refractivity contribution in [3.8, 4) is 5.75 Å². The summed E-state index contributed by atoms with van der Waals surface area (Å²) < 4.78 is 21.9. The number of non-ortho nitro benzene ring substituents is 1. The molecule has 2 fully saturated rings. The van der Waals surface area contributed by atoms with Crippen molar-refractivity contribution < 1.29 is 64.4 Å². The molecule has 40 heavy (non-hydrogen) atoms. The molecule has 0 saturated carbocycles. The van der Waals surface area contributed by atoms with Gasteiger partial charge in [0.2, 0.25) is 6.29 Å². The minimum atomic E-state index is -1.79. The van der Waals surface area contributed by atoms with Crippen LogP contribution in [-0.4, -0.2) is 121 Å². The topological polar surface area (TPSA) is 239 Å². The average molecular weight is 568 g/mol. The molecule has 15 nitrogen and oxygen atoms in total. The fourth-order valence-electron chi connectivity index (χ4n) is 4.37. The van der Waals surface area contributed by atoms with Crippen LogP contribution in [-0.2, 0) is 14.2 Å². The lowest BCUT2D eigenvalue weighted by molar-refractivity contribution is -0.384. The lowest BCUT2D eigenvalue weighted by Crippen LogP contribution is -2.65. The molecule has 7 N–H and O–H groups in total. The van der Waals surface area contributed by atoms with Crippen LogP contribution >= 0.6 is 0 Å². The van der Waals surface area contributed by atoms with E-state index in [1.165, 1.54) is 48.5 Å². The van der Waals surface area contributed by atoms with Crippen LogP contribution in [0.5, 0.6) is 5.75 Å². The fourth-order valence-corrected chi connectivity index (χ4v) is 4.37. The molecule has 0 bridgehead atoms. The van der Waals surface area contributed by atoms with Gasteiger partial charge in [-0.2, -0.15) is 0 Å². The van der Waals surface area contributed by atoms with Gasteiger partial charge in [0.15, 0.2) is 12.1 Å². The molecule has 0 spiro atoms. The molecule has 2 aliphatic heterocycles. The van der Waals surface area contributed by atoms with E-state index in [1.807, 2.05) is 0 Å². The number of nitro groups is 1. The Morgan fingerprint density at radius 2 is 1.27 bits per heavy atom. The van der Waals surface area contributed by atoms with Gasteiger partial charge in [0.1, 0.15) is 54.6 Å². The highest BCUT2D eigenvalue weighted by atomic mass is 16.7. The van der Waals surface area contributed by atoms with E-state index in [0.717, 1.165) is 0 Å². The zero-order valence-corrected chi connectivity index (χ0v) is 20.7. The van der Waals surface area contributed by atoms with Crippen molar-refractivity contribution >= 4 is 11.5 Å². The molecule has 15 heteroatoms. The summed E-state index contributed by atoms with van der Waals surface area (Å²) >= 11 is 0. The summed E-state index contributed by atoms with van der Waals surface area (Å²) in [5, 5.41) is 81.4. The molecule has 0 radical (unpaired) electrons. The van der Waals surface area contributed by atoms with Gasteiger partial charge in [0.05, 0.1) is 18.1 Å². The molecule has 10 atom stereocenters. The van der Waals surface area contributed by atoms with Crippen molar-refractivity contribution in [1.29, 1.82) is 0 Å². The fraction of sp³-hybridized carbons (Fsp3) is 0.480. The molecule has 2 saturated heterocycles. The summed E-state index contributed by atoms with van der Waals surface area (Å²) in [6.07, 6.45) is -15.9. The highest BCUT2D eigenvalue weighted by Gasteiger charge is 2.51. The monoisotopic (exact) mass is 567 g/mol. The van der Waals surface area contributed by atoms with Crippen LogP contribution in [0.2, 0.25) is 0 Å². The quantitative estimate of drug-likeness (QED) is 0.0970. The van der Waals surface area contributed by atoms with Crippen LogP contribution in [0.15, 0.2) is 48.5 Å². The number of aliphatic hydroxyl groups is 7. The molecule has 4 rings (SSSR count). The standard InChI is InChI=1S/C25H29NO14/c27-9-15-18(30)19(31)21(33)25(38-15)40-23-16(10-28)39-24(22(34)20(23)32)37-14-7-3-12(4-8-14)17(29)11-1-5-13(6-2-11)26(35)36/h1-8,15-16,18-25,27-28,30-34H,9-10H2/t15-,16-,18+,19+,20-,21-,22-,23-,24?,25+/m1/s1. The summed E-state index contributed by atoms with van der Waals surface area (Å²) in [6.45, 7) is -1.44. The Balaban J connectivity index is 1.41. The van der Waals surface area contributed by atoms with Gasteiger partial charge in [-0.05, 0) is 36.4 Å². The second-order valence-corrected chi connectivity index (χ2v) is 9.28. The highest BCUT2D eigenvalue weighted by Crippen LogP contribution is 2.30. The Hall–Kier alpha value is -3.09. The van der Waals surface area contributed by atoms with Gasteiger partial charge in [0, 0.05) is 23.3 Å². The smallest absolute Gasteiger partial charge is 0.269 e. The van der Waals surface area contributed by atoms with Crippen molar-refractivity contribution in [1.82, 2.24) is 0 Å². The summed E-state index contributed by atoms with van der Waals surface area (Å²) in [6, 6.07) is 10.7. The zero-order valence-electron chi connectivity index (χ0n) is 20.7. The third-order valence-electron chi connectivity index (χ3n) is 6.67. The summed E-state index contributed by atoms with van der Waals surface area (Å²) in [5.41, 5.74) is 0.313. The minimum absolute atomic E-state index is 0.126. The van der Waals surface area contributed by atoms with E-state index < -0.39 is 85.3 Å². The second kappa shape index (κ2) is 12.6. The van der Waals surface area contributed by atoms with Crippen molar-refractivity contribution in [2.75, 3.05) is 13.2 Å². The number of hydrogen-bond acceptors (Lipinski definition) is 14. The largest absolute Gasteiger partial charge is 0.462 e. The zero-order chi connectivity index (χ0) is 29.1. The Labute approximate surface area is 226 Å². The van der Waals surface area contributed by atoms with Crippen molar-refractivity contribution in [2.24, 2.45) is 0 Å². The lowest BCUT2D eigenvalue weighted by Gasteiger charge is -2.45. The van der Waals surface area contributed by atoms with Crippen molar-refractivity contribution in [3.63, 3.8) is 0 Å². The number of carbonyl (C=O) groups is 1. The maximum atomic E-state index is 12.7. The highest BCUT2D eigenvalue weighted by molar-refractivity contribution is 6.09. The Morgan fingerprint density at radius 3 is 1.82 bits per heavy atom. The van der Waals surface area contributed by atoms with E-state index in [-0.39, 0.29) is 22.6 Å². The van der Waals surface area contributed by atoms with Gasteiger partial charge in [-0.1, -0.05) is 0 Å². The van der Waals surface area contributed by atoms with E-state index in [1.54, 1.807) is 0 Å². The molecule has 218 valence electrons. The Kier molecular flexibility index (Phi) is 9.42. The maximum Gasteiger partial charge on any atom is 0.269 e. The van der Waals surface area contributed by atoms with Gasteiger partial charge in [-0.25, -0.2) is 0 Å². The Bertz CT molecular complexity index is 1160. The first-order valence-electron chi connectivity index (χ1n) is 12.2. The van der Waals surface area contributed by atoms with Gasteiger partial charge < -0.3 is 54.7 Å². The minimum Gasteiger partial charge on any atom is -0.462 e. The van der Waals surface area contributed by atoms with E-state index in [0.29, 0.717) is 0 Å². The first kappa shape index (κ1) is 29.9. The van der Waals surface area contributed by atoms with Crippen LogP contribution in [0.1, 0.15) is 15.9 Å². The molecule has 0 aromatic heterocycles. The number of nitrogens with zero attached hydrogens (tertiary/aromatic N) is 1. The predicted octanol–water partition coefficient (Wildman–Crippen LogP) is -2.17. The van der Waals surface area contributed by atoms with Gasteiger partial charge in [-0.3, -0.25) is 14.9 Å². The van der Waals surface area contributed by atoms with Gasteiger partial charge in [0.25, 0.3) is 5.69 Å². The number of rotatable bonds is 9. The molecular formula is C25H29NO14. The summed E-state index contributed by atoms with van der Waals surface area (Å²) in [5.74, 6) is -0.277. The van der Waals surface area contributed by atoms with Crippen LogP contribution in [0.4, 0.5) is 5.69 Å². The van der Waals surface area contributed by atoms with Crippen LogP contribution in [0.25, 0.3) is 0 Å². The Morgan fingerprint density at radius 1 is 0.750 bits per heavy atom. The van der Waals surface area contributed by atoms with Gasteiger partial charge >= 0.3 is 0 Å².